The van der Waals surface area contributed by atoms with E-state index in [2.05, 4.69) is 26.2 Å². The highest BCUT2D eigenvalue weighted by molar-refractivity contribution is 9.10. The lowest BCUT2D eigenvalue weighted by Gasteiger charge is -2.16. The van der Waals surface area contributed by atoms with Crippen molar-refractivity contribution in [2.75, 3.05) is 0 Å². The first-order chi connectivity index (χ1) is 9.88. The second-order valence-electron chi connectivity index (χ2n) is 5.39. The number of carbonyl (C=O) groups is 2. The lowest BCUT2D eigenvalue weighted by Crippen LogP contribution is -2.41. The van der Waals surface area contributed by atoms with Gasteiger partial charge >= 0.3 is 5.97 Å². The van der Waals surface area contributed by atoms with Crippen molar-refractivity contribution in [3.8, 4) is 0 Å². The lowest BCUT2D eigenvalue weighted by molar-refractivity contribution is -0.139. The van der Waals surface area contributed by atoms with Gasteiger partial charge in [-0.25, -0.2) is 4.79 Å². The third-order valence-electron chi connectivity index (χ3n) is 3.20. The van der Waals surface area contributed by atoms with Crippen molar-refractivity contribution < 1.29 is 14.7 Å². The normalized spacial score (nSPS) is 12.6. The molecule has 2 aromatic rings. The molecule has 1 amide bonds. The summed E-state index contributed by atoms with van der Waals surface area (Å²) in [7, 11) is 0. The maximum Gasteiger partial charge on any atom is 0.326 e. The van der Waals surface area contributed by atoms with Crippen molar-refractivity contribution in [1.29, 1.82) is 0 Å². The number of carboxylic acids is 1. The highest BCUT2D eigenvalue weighted by Crippen LogP contribution is 2.22. The monoisotopic (exact) mass is 352 g/mol. The molecule has 0 bridgehead atoms. The summed E-state index contributed by atoms with van der Waals surface area (Å²) in [4.78, 5) is 26.6. The Hall–Kier alpha value is -1.82. The number of hydrogen-bond acceptors (Lipinski definition) is 2. The number of aromatic nitrogens is 1. The van der Waals surface area contributed by atoms with Crippen LogP contribution in [0.25, 0.3) is 10.9 Å². The Morgan fingerprint density at radius 2 is 2.10 bits per heavy atom. The van der Waals surface area contributed by atoms with Crippen molar-refractivity contribution in [1.82, 2.24) is 10.3 Å². The smallest absolute Gasteiger partial charge is 0.326 e. The number of aliphatic carboxylic acids is 1. The quantitative estimate of drug-likeness (QED) is 0.772. The zero-order valence-corrected chi connectivity index (χ0v) is 13.4. The van der Waals surface area contributed by atoms with E-state index >= 15 is 0 Å². The topological polar surface area (TPSA) is 82.2 Å². The second kappa shape index (κ2) is 6.30. The number of aromatic amines is 1. The Morgan fingerprint density at radius 1 is 1.38 bits per heavy atom. The third kappa shape index (κ3) is 3.64. The minimum absolute atomic E-state index is 0.184. The number of H-pyrrole nitrogens is 1. The van der Waals surface area contributed by atoms with Crippen LogP contribution in [0.3, 0.4) is 0 Å². The number of nitrogens with one attached hydrogen (secondary N) is 2. The molecule has 0 spiro atoms. The molecular formula is C15H17BrN2O3. The number of halogens is 1. The molecule has 21 heavy (non-hydrogen) atoms. The molecule has 0 saturated heterocycles. The molecule has 6 heteroatoms. The molecule has 3 N–H and O–H groups in total. The number of rotatable bonds is 5. The first kappa shape index (κ1) is 15.6. The molecule has 0 unspecified atom stereocenters. The zero-order valence-electron chi connectivity index (χ0n) is 11.8. The summed E-state index contributed by atoms with van der Waals surface area (Å²) in [5, 5.41) is 12.5. The Bertz CT molecular complexity index is 679. The van der Waals surface area contributed by atoms with E-state index in [1.54, 1.807) is 6.20 Å². The van der Waals surface area contributed by atoms with Crippen LogP contribution < -0.4 is 5.32 Å². The first-order valence-electron chi connectivity index (χ1n) is 6.68. The molecule has 0 aliphatic carbocycles. The van der Waals surface area contributed by atoms with Gasteiger partial charge in [0.25, 0.3) is 5.91 Å². The van der Waals surface area contributed by atoms with Crippen LogP contribution in [0.2, 0.25) is 0 Å². The van der Waals surface area contributed by atoms with Gasteiger partial charge in [0.2, 0.25) is 0 Å². The number of carbonyl (C=O) groups excluding carboxylic acids is 1. The summed E-state index contributed by atoms with van der Waals surface area (Å²) in [6, 6.07) is 4.69. The van der Waals surface area contributed by atoms with Crippen LogP contribution >= 0.6 is 15.9 Å². The third-order valence-corrected chi connectivity index (χ3v) is 3.69. The molecule has 1 heterocycles. The predicted molar refractivity (Wildman–Crippen MR) is 84.3 cm³/mol. The molecule has 1 atom stereocenters. The van der Waals surface area contributed by atoms with Gasteiger partial charge in [-0.05, 0) is 30.5 Å². The molecule has 0 radical (unpaired) electrons. The van der Waals surface area contributed by atoms with Crippen LogP contribution in [0, 0.1) is 5.92 Å². The van der Waals surface area contributed by atoms with Gasteiger partial charge in [-0.2, -0.15) is 0 Å². The van der Waals surface area contributed by atoms with E-state index in [0.717, 1.165) is 15.4 Å². The molecule has 0 aliphatic rings. The van der Waals surface area contributed by atoms with Crippen LogP contribution in [0.4, 0.5) is 0 Å². The summed E-state index contributed by atoms with van der Waals surface area (Å²) < 4.78 is 0.862. The maximum atomic E-state index is 12.3. The van der Waals surface area contributed by atoms with Gasteiger partial charge in [0.15, 0.2) is 0 Å². The van der Waals surface area contributed by atoms with Gasteiger partial charge in [-0.3, -0.25) is 4.79 Å². The molecule has 2 rings (SSSR count). The molecule has 1 aromatic carbocycles. The van der Waals surface area contributed by atoms with E-state index in [4.69, 9.17) is 0 Å². The number of hydrogen-bond donors (Lipinski definition) is 3. The highest BCUT2D eigenvalue weighted by Gasteiger charge is 2.23. The molecule has 5 nitrogen and oxygen atoms in total. The van der Waals surface area contributed by atoms with Crippen LogP contribution in [-0.4, -0.2) is 28.0 Å². The van der Waals surface area contributed by atoms with Crippen LogP contribution in [0.15, 0.2) is 28.9 Å². The van der Waals surface area contributed by atoms with Crippen molar-refractivity contribution in [3.05, 3.63) is 34.4 Å². The Balaban J connectivity index is 2.25. The summed E-state index contributed by atoms with van der Waals surface area (Å²) >= 11 is 3.37. The second-order valence-corrected chi connectivity index (χ2v) is 6.30. The summed E-state index contributed by atoms with van der Waals surface area (Å²) in [6.07, 6.45) is 1.99. The lowest BCUT2D eigenvalue weighted by atomic mass is 10.0. The fraction of sp³-hybridized carbons (Fsp3) is 0.333. The van der Waals surface area contributed by atoms with Gasteiger partial charge < -0.3 is 15.4 Å². The summed E-state index contributed by atoms with van der Waals surface area (Å²) in [5.41, 5.74) is 1.28. The minimum atomic E-state index is -1.02. The van der Waals surface area contributed by atoms with Gasteiger partial charge in [0.05, 0.1) is 5.56 Å². The van der Waals surface area contributed by atoms with Gasteiger partial charge in [-0.15, -0.1) is 0 Å². The van der Waals surface area contributed by atoms with Gasteiger partial charge in [-0.1, -0.05) is 29.8 Å². The van der Waals surface area contributed by atoms with Crippen LogP contribution in [-0.2, 0) is 4.79 Å². The van der Waals surface area contributed by atoms with Crippen molar-refractivity contribution in [3.63, 3.8) is 0 Å². The van der Waals surface area contributed by atoms with Crippen LogP contribution in [0.5, 0.6) is 0 Å². The number of amides is 1. The standard InChI is InChI=1S/C15H17BrN2O3/c1-8(2)5-13(15(20)21)18-14(19)11-7-17-12-4-3-9(16)6-10(11)12/h3-4,6-8,13,17H,5H2,1-2H3,(H,18,19)(H,20,21)/t13-/m0/s1. The van der Waals surface area contributed by atoms with E-state index < -0.39 is 12.0 Å². The number of carboxylic acid groups (broad SMARTS) is 1. The Labute approximate surface area is 130 Å². The average Bonchev–Trinajstić information content (AvgIpc) is 2.80. The van der Waals surface area contributed by atoms with Crippen molar-refractivity contribution in [2.24, 2.45) is 5.92 Å². The summed E-state index contributed by atoms with van der Waals surface area (Å²) in [5.74, 6) is -1.21. The minimum Gasteiger partial charge on any atom is -0.480 e. The molecule has 0 saturated carbocycles. The van der Waals surface area contributed by atoms with Gasteiger partial charge in [0, 0.05) is 21.6 Å². The Kier molecular flexibility index (Phi) is 4.67. The maximum absolute atomic E-state index is 12.3. The molecular weight excluding hydrogens is 336 g/mol. The van der Waals surface area contributed by atoms with E-state index in [1.165, 1.54) is 0 Å². The van der Waals surface area contributed by atoms with Gasteiger partial charge in [0.1, 0.15) is 6.04 Å². The fourth-order valence-corrected chi connectivity index (χ4v) is 2.57. The first-order valence-corrected chi connectivity index (χ1v) is 7.48. The molecule has 0 aliphatic heterocycles. The van der Waals surface area contributed by atoms with E-state index in [1.807, 2.05) is 32.0 Å². The van der Waals surface area contributed by atoms with Crippen molar-refractivity contribution in [2.45, 2.75) is 26.3 Å². The van der Waals surface area contributed by atoms with Crippen molar-refractivity contribution >= 4 is 38.7 Å². The van der Waals surface area contributed by atoms with E-state index in [-0.39, 0.29) is 11.8 Å². The zero-order chi connectivity index (χ0) is 15.6. The highest BCUT2D eigenvalue weighted by atomic mass is 79.9. The molecule has 1 aromatic heterocycles. The number of fused-ring (bicyclic) bond motifs is 1. The summed E-state index contributed by atoms with van der Waals surface area (Å²) in [6.45, 7) is 3.84. The molecule has 0 fully saturated rings. The van der Waals surface area contributed by atoms with Crippen LogP contribution in [0.1, 0.15) is 30.6 Å². The predicted octanol–water partition coefficient (Wildman–Crippen LogP) is 3.16. The average molecular weight is 353 g/mol. The SMILES string of the molecule is CC(C)C[C@H](NC(=O)c1c[nH]c2ccc(Br)cc12)C(=O)O. The Morgan fingerprint density at radius 3 is 2.71 bits per heavy atom. The largest absolute Gasteiger partial charge is 0.480 e. The van der Waals surface area contributed by atoms with E-state index in [0.29, 0.717) is 12.0 Å². The fourth-order valence-electron chi connectivity index (χ4n) is 2.21. The molecule has 112 valence electrons. The number of benzene rings is 1. The van der Waals surface area contributed by atoms with E-state index in [9.17, 15) is 14.7 Å².